The Balaban J connectivity index is 3.40. The zero-order valence-corrected chi connectivity index (χ0v) is 13.9. The number of hydrogen-bond acceptors (Lipinski definition) is 4. The molecule has 112 valence electrons. The number of aryl methyl sites for hydroxylation is 1. The highest BCUT2D eigenvalue weighted by Crippen LogP contribution is 2.24. The Morgan fingerprint density at radius 2 is 1.65 bits per heavy atom. The van der Waals surface area contributed by atoms with E-state index >= 15 is 0 Å². The lowest BCUT2D eigenvalue weighted by atomic mass is 10.0. The second-order valence-corrected chi connectivity index (χ2v) is 5.32. The summed E-state index contributed by atoms with van der Waals surface area (Å²) in [6.07, 6.45) is 3.86. The van der Waals surface area contributed by atoms with E-state index < -0.39 is 0 Å². The van der Waals surface area contributed by atoms with Gasteiger partial charge in [-0.25, -0.2) is 0 Å². The highest BCUT2D eigenvalue weighted by atomic mass is 32.1. The van der Waals surface area contributed by atoms with Gasteiger partial charge in [0.05, 0.1) is 11.3 Å². The van der Waals surface area contributed by atoms with E-state index in [4.69, 9.17) is 18.0 Å². The molecule has 1 rings (SSSR count). The normalized spacial score (nSPS) is 10.6. The van der Waals surface area contributed by atoms with E-state index in [1.807, 2.05) is 0 Å². The zero-order chi connectivity index (χ0) is 15.1. The summed E-state index contributed by atoms with van der Waals surface area (Å²) in [5, 5.41) is 8.81. The average molecular weight is 294 g/mol. The fraction of sp³-hybridized carbons (Fsp3) is 0.667. The van der Waals surface area contributed by atoms with Crippen LogP contribution in [0.1, 0.15) is 57.4 Å². The van der Waals surface area contributed by atoms with Gasteiger partial charge in [0.1, 0.15) is 4.99 Å². The van der Waals surface area contributed by atoms with Crippen LogP contribution < -0.4 is 10.6 Å². The Bertz CT molecular complexity index is 453. The predicted octanol–water partition coefficient (Wildman–Crippen LogP) is 2.86. The number of thiocarbonyl (C=S) groups is 1. The van der Waals surface area contributed by atoms with Gasteiger partial charge < -0.3 is 10.6 Å². The third kappa shape index (κ3) is 3.66. The number of nitrogens with two attached hydrogens (primary N) is 1. The predicted molar refractivity (Wildman–Crippen MR) is 89.5 cm³/mol. The lowest BCUT2D eigenvalue weighted by Crippen LogP contribution is -2.30. The van der Waals surface area contributed by atoms with Gasteiger partial charge in [-0.05, 0) is 31.2 Å². The van der Waals surface area contributed by atoms with Crippen LogP contribution >= 0.6 is 12.2 Å². The molecule has 0 fully saturated rings. The summed E-state index contributed by atoms with van der Waals surface area (Å²) in [5.74, 6) is 0.857. The highest BCUT2D eigenvalue weighted by molar-refractivity contribution is 7.80. The number of nitrogens with zero attached hydrogens (tertiary/aromatic N) is 3. The Labute approximate surface area is 127 Å². The first kappa shape index (κ1) is 16.8. The van der Waals surface area contributed by atoms with Crippen molar-refractivity contribution in [3.8, 4) is 0 Å². The van der Waals surface area contributed by atoms with Crippen LogP contribution in [0.15, 0.2) is 0 Å². The number of hydrogen-bond donors (Lipinski definition) is 1. The van der Waals surface area contributed by atoms with Gasteiger partial charge in [-0.3, -0.25) is 0 Å². The van der Waals surface area contributed by atoms with Crippen LogP contribution in [0.4, 0.5) is 5.82 Å². The van der Waals surface area contributed by atoms with Gasteiger partial charge in [-0.2, -0.15) is 5.10 Å². The third-order valence-electron chi connectivity index (χ3n) is 3.36. The Kier molecular flexibility index (Phi) is 6.85. The molecule has 1 aromatic heterocycles. The highest BCUT2D eigenvalue weighted by Gasteiger charge is 2.20. The monoisotopic (exact) mass is 294 g/mol. The number of anilines is 1. The Hall–Kier alpha value is -1.23. The van der Waals surface area contributed by atoms with Crippen LogP contribution in [0.5, 0.6) is 0 Å². The molecule has 0 spiro atoms. The smallest absolute Gasteiger partial charge is 0.161 e. The number of rotatable bonds is 8. The summed E-state index contributed by atoms with van der Waals surface area (Å²) < 4.78 is 0. The van der Waals surface area contributed by atoms with Crippen molar-refractivity contribution in [2.75, 3.05) is 18.0 Å². The molecule has 0 aromatic carbocycles. The van der Waals surface area contributed by atoms with Gasteiger partial charge in [0.15, 0.2) is 5.82 Å². The van der Waals surface area contributed by atoms with Crippen molar-refractivity contribution in [3.63, 3.8) is 0 Å². The minimum absolute atomic E-state index is 0.429. The molecule has 2 N–H and O–H groups in total. The van der Waals surface area contributed by atoms with E-state index in [0.29, 0.717) is 4.99 Å². The first-order valence-electron chi connectivity index (χ1n) is 7.53. The summed E-state index contributed by atoms with van der Waals surface area (Å²) in [6, 6.07) is 0. The van der Waals surface area contributed by atoms with Gasteiger partial charge in [0.25, 0.3) is 0 Å². The fourth-order valence-corrected chi connectivity index (χ4v) is 2.72. The molecule has 0 bridgehead atoms. The summed E-state index contributed by atoms with van der Waals surface area (Å²) in [6.45, 7) is 10.4. The van der Waals surface area contributed by atoms with Crippen molar-refractivity contribution in [2.45, 2.75) is 53.4 Å². The molecule has 20 heavy (non-hydrogen) atoms. The van der Waals surface area contributed by atoms with E-state index in [1.54, 1.807) is 0 Å². The fourth-order valence-electron chi connectivity index (χ4n) is 2.51. The molecule has 0 aliphatic rings. The topological polar surface area (TPSA) is 55.0 Å². The van der Waals surface area contributed by atoms with Crippen LogP contribution in [0.25, 0.3) is 0 Å². The van der Waals surface area contributed by atoms with Gasteiger partial charge in [0, 0.05) is 13.1 Å². The molecule has 5 heteroatoms. The molecule has 0 saturated carbocycles. The van der Waals surface area contributed by atoms with E-state index in [2.05, 4.69) is 42.8 Å². The first-order chi connectivity index (χ1) is 9.60. The van der Waals surface area contributed by atoms with Crippen molar-refractivity contribution < 1.29 is 0 Å². The quantitative estimate of drug-likeness (QED) is 0.747. The minimum atomic E-state index is 0.429. The maximum Gasteiger partial charge on any atom is 0.161 e. The largest absolute Gasteiger partial charge is 0.389 e. The summed E-state index contributed by atoms with van der Waals surface area (Å²) in [5.41, 5.74) is 9.07. The molecule has 0 saturated heterocycles. The molecule has 0 radical (unpaired) electrons. The molecule has 1 aromatic rings. The molecular weight excluding hydrogens is 268 g/mol. The maximum atomic E-state index is 5.98. The first-order valence-corrected chi connectivity index (χ1v) is 7.94. The van der Waals surface area contributed by atoms with E-state index in [1.165, 1.54) is 0 Å². The summed E-state index contributed by atoms with van der Waals surface area (Å²) >= 11 is 5.28. The van der Waals surface area contributed by atoms with E-state index in [-0.39, 0.29) is 0 Å². The Morgan fingerprint density at radius 1 is 1.05 bits per heavy atom. The molecule has 4 nitrogen and oxygen atoms in total. The lowest BCUT2D eigenvalue weighted by molar-refractivity contribution is 0.718. The standard InChI is InChI=1S/C15H26N4S/c1-5-9-19(10-6-2)15-13(14(16)20)11(7-3)12(8-4)17-18-15/h5-10H2,1-4H3,(H2,16,20). The lowest BCUT2D eigenvalue weighted by Gasteiger charge is -2.26. The van der Waals surface area contributed by atoms with Crippen molar-refractivity contribution in [1.82, 2.24) is 10.2 Å². The molecule has 0 atom stereocenters. The number of aromatic nitrogens is 2. The molecule has 1 heterocycles. The molecule has 0 unspecified atom stereocenters. The SMILES string of the molecule is CCCN(CCC)c1nnc(CC)c(CC)c1C(N)=S. The van der Waals surface area contributed by atoms with Crippen LogP contribution in [-0.2, 0) is 12.8 Å². The van der Waals surface area contributed by atoms with E-state index in [0.717, 1.165) is 61.4 Å². The summed E-state index contributed by atoms with van der Waals surface area (Å²) in [4.78, 5) is 2.68. The third-order valence-corrected chi connectivity index (χ3v) is 3.56. The molecule has 0 amide bonds. The van der Waals surface area contributed by atoms with E-state index in [9.17, 15) is 0 Å². The second-order valence-electron chi connectivity index (χ2n) is 4.88. The molecule has 0 aliphatic heterocycles. The Morgan fingerprint density at radius 3 is 2.05 bits per heavy atom. The van der Waals surface area contributed by atoms with Gasteiger partial charge in [-0.15, -0.1) is 5.10 Å². The van der Waals surface area contributed by atoms with Crippen molar-refractivity contribution in [2.24, 2.45) is 5.73 Å². The molecule has 0 aliphatic carbocycles. The second kappa shape index (κ2) is 8.15. The van der Waals surface area contributed by atoms with Gasteiger partial charge >= 0.3 is 0 Å². The minimum Gasteiger partial charge on any atom is -0.389 e. The molecular formula is C15H26N4S. The van der Waals surface area contributed by atoms with Crippen LogP contribution in [0.2, 0.25) is 0 Å². The van der Waals surface area contributed by atoms with Crippen molar-refractivity contribution >= 4 is 23.0 Å². The maximum absolute atomic E-state index is 5.98. The zero-order valence-electron chi connectivity index (χ0n) is 13.1. The van der Waals surface area contributed by atoms with Crippen molar-refractivity contribution in [1.29, 1.82) is 0 Å². The average Bonchev–Trinajstić information content (AvgIpc) is 2.45. The van der Waals surface area contributed by atoms with Crippen molar-refractivity contribution in [3.05, 3.63) is 16.8 Å². The van der Waals surface area contributed by atoms with Crippen LogP contribution in [0, 0.1) is 0 Å². The van der Waals surface area contributed by atoms with Crippen LogP contribution in [0.3, 0.4) is 0 Å². The summed E-state index contributed by atoms with van der Waals surface area (Å²) in [7, 11) is 0. The van der Waals surface area contributed by atoms with Gasteiger partial charge in [0.2, 0.25) is 0 Å². The van der Waals surface area contributed by atoms with Gasteiger partial charge in [-0.1, -0.05) is 39.9 Å². The van der Waals surface area contributed by atoms with Crippen LogP contribution in [-0.4, -0.2) is 28.3 Å².